The van der Waals surface area contributed by atoms with Crippen molar-refractivity contribution < 1.29 is 4.79 Å². The third kappa shape index (κ3) is 3.89. The third-order valence-corrected chi connectivity index (χ3v) is 6.08. The number of aryl methyl sites for hydroxylation is 2. The summed E-state index contributed by atoms with van der Waals surface area (Å²) in [5, 5.41) is 3.81. The first kappa shape index (κ1) is 17.9. The average molecular weight is 401 g/mol. The lowest BCUT2D eigenvalue weighted by molar-refractivity contribution is -0.113. The van der Waals surface area contributed by atoms with E-state index in [0.717, 1.165) is 46.0 Å². The van der Waals surface area contributed by atoms with Crippen molar-refractivity contribution in [3.05, 3.63) is 71.9 Å². The summed E-state index contributed by atoms with van der Waals surface area (Å²) in [6, 6.07) is 18.1. The lowest BCUT2D eigenvalue weighted by atomic mass is 10.1. The maximum Gasteiger partial charge on any atom is 0.234 e. The van der Waals surface area contributed by atoms with E-state index in [1.165, 1.54) is 29.3 Å². The summed E-state index contributed by atoms with van der Waals surface area (Å²) < 4.78 is 0. The summed E-state index contributed by atoms with van der Waals surface area (Å²) in [5.74, 6) is 1.11. The van der Waals surface area contributed by atoms with Gasteiger partial charge in [0.25, 0.3) is 0 Å². The Kier molecular flexibility index (Phi) is 4.77. The van der Waals surface area contributed by atoms with Crippen LogP contribution in [0.15, 0.2) is 65.8 Å². The average Bonchev–Trinajstić information content (AvgIpc) is 3.39. The number of hydrogen-bond acceptors (Lipinski definition) is 4. The van der Waals surface area contributed by atoms with E-state index in [2.05, 4.69) is 32.4 Å². The van der Waals surface area contributed by atoms with Gasteiger partial charge in [0.2, 0.25) is 5.91 Å². The number of aromatic amines is 1. The molecule has 29 heavy (non-hydrogen) atoms. The van der Waals surface area contributed by atoms with E-state index in [1.54, 1.807) is 6.20 Å². The van der Waals surface area contributed by atoms with Gasteiger partial charge in [0.1, 0.15) is 5.82 Å². The minimum atomic E-state index is -0.0175. The standard InChI is InChI=1S/C23H20N4OS/c28-21(25-18-10-8-15-4-3-5-16(15)12-18)14-29-22-11-9-17(13-24-22)23-26-19-6-1-2-7-20(19)27-23/h1-2,6-13H,3-5,14H2,(H,25,28)(H,26,27). The lowest BCUT2D eigenvalue weighted by Crippen LogP contribution is -2.14. The van der Waals surface area contributed by atoms with Crippen molar-refractivity contribution in [2.24, 2.45) is 0 Å². The van der Waals surface area contributed by atoms with Crippen LogP contribution < -0.4 is 5.32 Å². The fourth-order valence-corrected chi connectivity index (χ4v) is 4.32. The first-order valence-electron chi connectivity index (χ1n) is 9.70. The molecule has 144 valence electrons. The largest absolute Gasteiger partial charge is 0.338 e. The highest BCUT2D eigenvalue weighted by Crippen LogP contribution is 2.26. The maximum atomic E-state index is 12.3. The van der Waals surface area contributed by atoms with Gasteiger partial charge in [-0.3, -0.25) is 4.79 Å². The fraction of sp³-hybridized carbons (Fsp3) is 0.174. The molecule has 2 N–H and O–H groups in total. The Morgan fingerprint density at radius 3 is 2.83 bits per heavy atom. The molecule has 0 unspecified atom stereocenters. The molecule has 1 aliphatic rings. The summed E-state index contributed by atoms with van der Waals surface area (Å²) in [7, 11) is 0. The van der Waals surface area contributed by atoms with Gasteiger partial charge < -0.3 is 10.3 Å². The molecule has 0 aliphatic heterocycles. The van der Waals surface area contributed by atoms with Gasteiger partial charge in [-0.2, -0.15) is 0 Å². The predicted molar refractivity (Wildman–Crippen MR) is 117 cm³/mol. The number of H-pyrrole nitrogens is 1. The zero-order valence-corrected chi connectivity index (χ0v) is 16.6. The van der Waals surface area contributed by atoms with Crippen LogP contribution in [-0.2, 0) is 17.6 Å². The Balaban J connectivity index is 1.20. The molecular formula is C23H20N4OS. The van der Waals surface area contributed by atoms with Gasteiger partial charge in [0.15, 0.2) is 0 Å². The number of fused-ring (bicyclic) bond motifs is 2. The quantitative estimate of drug-likeness (QED) is 0.470. The number of rotatable bonds is 5. The molecule has 6 heteroatoms. The van der Waals surface area contributed by atoms with Crippen LogP contribution in [0.1, 0.15) is 17.5 Å². The summed E-state index contributed by atoms with van der Waals surface area (Å²) in [6.07, 6.45) is 5.25. The number of benzene rings is 2. The van der Waals surface area contributed by atoms with Gasteiger partial charge in [-0.1, -0.05) is 30.0 Å². The zero-order valence-electron chi connectivity index (χ0n) is 15.8. The van der Waals surface area contributed by atoms with Crippen molar-refractivity contribution in [1.82, 2.24) is 15.0 Å². The van der Waals surface area contributed by atoms with Gasteiger partial charge in [-0.25, -0.2) is 9.97 Å². The van der Waals surface area contributed by atoms with Gasteiger partial charge in [0.05, 0.1) is 21.8 Å². The predicted octanol–water partition coefficient (Wildman–Crippen LogP) is 4.84. The number of hydrogen-bond donors (Lipinski definition) is 2. The van der Waals surface area contributed by atoms with E-state index in [9.17, 15) is 4.79 Å². The number of amides is 1. The number of thioether (sulfide) groups is 1. The van der Waals surface area contributed by atoms with E-state index in [4.69, 9.17) is 0 Å². The van der Waals surface area contributed by atoms with Crippen molar-refractivity contribution in [3.63, 3.8) is 0 Å². The number of imidazole rings is 1. The number of carbonyl (C=O) groups is 1. The van der Waals surface area contributed by atoms with E-state index in [0.29, 0.717) is 5.75 Å². The third-order valence-electron chi connectivity index (χ3n) is 5.13. The second kappa shape index (κ2) is 7.72. The highest BCUT2D eigenvalue weighted by molar-refractivity contribution is 7.99. The molecule has 1 aliphatic carbocycles. The second-order valence-corrected chi connectivity index (χ2v) is 8.16. The number of aromatic nitrogens is 3. The second-order valence-electron chi connectivity index (χ2n) is 7.16. The van der Waals surface area contributed by atoms with Gasteiger partial charge in [0, 0.05) is 17.4 Å². The molecule has 5 rings (SSSR count). The van der Waals surface area contributed by atoms with Crippen LogP contribution in [0.4, 0.5) is 5.69 Å². The Labute approximate surface area is 173 Å². The van der Waals surface area contributed by atoms with E-state index in [-0.39, 0.29) is 5.91 Å². The van der Waals surface area contributed by atoms with Crippen molar-refractivity contribution >= 4 is 34.4 Å². The van der Waals surface area contributed by atoms with Crippen LogP contribution in [0.25, 0.3) is 22.4 Å². The molecule has 0 radical (unpaired) electrons. The van der Waals surface area contributed by atoms with Crippen LogP contribution in [0, 0.1) is 0 Å². The van der Waals surface area contributed by atoms with Crippen molar-refractivity contribution in [2.75, 3.05) is 11.1 Å². The Hall–Kier alpha value is -3.12. The monoisotopic (exact) mass is 400 g/mol. The van der Waals surface area contributed by atoms with Crippen molar-refractivity contribution in [3.8, 4) is 11.4 Å². The lowest BCUT2D eigenvalue weighted by Gasteiger charge is -2.07. The molecule has 0 saturated heterocycles. The molecule has 0 saturated carbocycles. The number of nitrogens with one attached hydrogen (secondary N) is 2. The molecule has 2 aromatic carbocycles. The van der Waals surface area contributed by atoms with Crippen LogP contribution in [0.3, 0.4) is 0 Å². The maximum absolute atomic E-state index is 12.3. The highest BCUT2D eigenvalue weighted by Gasteiger charge is 2.12. The number of pyridine rings is 1. The molecule has 0 spiro atoms. The van der Waals surface area contributed by atoms with Gasteiger partial charge in [-0.05, 0) is 66.8 Å². The topological polar surface area (TPSA) is 70.7 Å². The summed E-state index contributed by atoms with van der Waals surface area (Å²) in [4.78, 5) is 24.7. The number of carbonyl (C=O) groups excluding carboxylic acids is 1. The molecular weight excluding hydrogens is 380 g/mol. The minimum Gasteiger partial charge on any atom is -0.338 e. The van der Waals surface area contributed by atoms with Crippen LogP contribution in [-0.4, -0.2) is 26.6 Å². The van der Waals surface area contributed by atoms with Crippen LogP contribution in [0.2, 0.25) is 0 Å². The molecule has 5 nitrogen and oxygen atoms in total. The van der Waals surface area contributed by atoms with Crippen molar-refractivity contribution in [1.29, 1.82) is 0 Å². The molecule has 0 atom stereocenters. The van der Waals surface area contributed by atoms with Crippen LogP contribution >= 0.6 is 11.8 Å². The SMILES string of the molecule is O=C(CSc1ccc(-c2nc3ccccc3[nH]2)cn1)Nc1ccc2c(c1)CCC2. The number of para-hydroxylation sites is 2. The fourth-order valence-electron chi connectivity index (χ4n) is 3.68. The Morgan fingerprint density at radius 2 is 1.97 bits per heavy atom. The first-order chi connectivity index (χ1) is 14.2. The van der Waals surface area contributed by atoms with E-state index in [1.807, 2.05) is 42.5 Å². The zero-order chi connectivity index (χ0) is 19.6. The normalized spacial score (nSPS) is 12.8. The Bertz CT molecular complexity index is 1150. The summed E-state index contributed by atoms with van der Waals surface area (Å²) in [6.45, 7) is 0. The molecule has 4 aromatic rings. The number of nitrogens with zero attached hydrogens (tertiary/aromatic N) is 2. The highest BCUT2D eigenvalue weighted by atomic mass is 32.2. The first-order valence-corrected chi connectivity index (χ1v) is 10.7. The Morgan fingerprint density at radius 1 is 1.07 bits per heavy atom. The molecule has 1 amide bonds. The van der Waals surface area contributed by atoms with Crippen LogP contribution in [0.5, 0.6) is 0 Å². The van der Waals surface area contributed by atoms with E-state index < -0.39 is 0 Å². The summed E-state index contributed by atoms with van der Waals surface area (Å²) >= 11 is 1.43. The van der Waals surface area contributed by atoms with Crippen molar-refractivity contribution in [2.45, 2.75) is 24.3 Å². The smallest absolute Gasteiger partial charge is 0.234 e. The van der Waals surface area contributed by atoms with Gasteiger partial charge >= 0.3 is 0 Å². The number of anilines is 1. The molecule has 0 fully saturated rings. The molecule has 0 bridgehead atoms. The molecule has 2 aromatic heterocycles. The molecule has 2 heterocycles. The summed E-state index contributed by atoms with van der Waals surface area (Å²) in [5.41, 5.74) is 6.51. The van der Waals surface area contributed by atoms with Gasteiger partial charge in [-0.15, -0.1) is 0 Å². The minimum absolute atomic E-state index is 0.0175. The van der Waals surface area contributed by atoms with E-state index >= 15 is 0 Å².